The molecule has 0 atom stereocenters. The summed E-state index contributed by atoms with van der Waals surface area (Å²) in [5.74, 6) is 0.0854. The van der Waals surface area contributed by atoms with Gasteiger partial charge in [-0.15, -0.1) is 0 Å². The Morgan fingerprint density at radius 2 is 1.80 bits per heavy atom. The van der Waals surface area contributed by atoms with Gasteiger partial charge in [0.1, 0.15) is 5.75 Å². The molecule has 0 saturated heterocycles. The van der Waals surface area contributed by atoms with Crippen LogP contribution in [-0.2, 0) is 6.54 Å². The van der Waals surface area contributed by atoms with Gasteiger partial charge in [0.05, 0.1) is 18.4 Å². The van der Waals surface area contributed by atoms with Gasteiger partial charge in [-0.3, -0.25) is 4.98 Å². The third-order valence-corrected chi connectivity index (χ3v) is 3.11. The van der Waals surface area contributed by atoms with E-state index in [4.69, 9.17) is 5.11 Å². The molecule has 20 heavy (non-hydrogen) atoms. The van der Waals surface area contributed by atoms with E-state index in [0.717, 1.165) is 5.69 Å². The van der Waals surface area contributed by atoms with E-state index in [1.807, 2.05) is 0 Å². The molecule has 2 aromatic rings. The molecule has 3 nitrogen and oxygen atoms in total. The second kappa shape index (κ2) is 6.04. The van der Waals surface area contributed by atoms with Crippen LogP contribution >= 0.6 is 11.8 Å². The number of anilines is 1. The van der Waals surface area contributed by atoms with Crippen molar-refractivity contribution in [2.45, 2.75) is 16.9 Å². The zero-order chi connectivity index (χ0) is 14.6. The molecule has 0 unspecified atom stereocenters. The number of benzene rings is 1. The second-order valence-electron chi connectivity index (χ2n) is 3.93. The van der Waals surface area contributed by atoms with Crippen molar-refractivity contribution in [3.63, 3.8) is 0 Å². The Bertz CT molecular complexity index is 555. The lowest BCUT2D eigenvalue weighted by Crippen LogP contribution is -2.01. The molecule has 0 aliphatic heterocycles. The summed E-state index contributed by atoms with van der Waals surface area (Å²) in [6.07, 6.45) is 1.33. The van der Waals surface area contributed by atoms with Crippen LogP contribution in [0, 0.1) is 0 Å². The first-order valence-corrected chi connectivity index (χ1v) is 6.47. The molecule has 0 saturated carbocycles. The largest absolute Gasteiger partial charge is 0.506 e. The maximum atomic E-state index is 12.2. The monoisotopic (exact) mass is 300 g/mol. The molecular formula is C13H11F3N2OS. The summed E-state index contributed by atoms with van der Waals surface area (Å²) in [6, 6.07) is 9.15. The van der Waals surface area contributed by atoms with Crippen molar-refractivity contribution >= 4 is 17.4 Å². The average molecular weight is 300 g/mol. The molecule has 2 N–H and O–H groups in total. The normalized spacial score (nSPS) is 11.3. The van der Waals surface area contributed by atoms with E-state index < -0.39 is 5.51 Å². The zero-order valence-electron chi connectivity index (χ0n) is 10.2. The predicted octanol–water partition coefficient (Wildman–Crippen LogP) is 4.01. The highest BCUT2D eigenvalue weighted by molar-refractivity contribution is 8.00. The van der Waals surface area contributed by atoms with Crippen molar-refractivity contribution in [1.82, 2.24) is 4.98 Å². The Morgan fingerprint density at radius 3 is 2.35 bits per heavy atom. The second-order valence-corrected chi connectivity index (χ2v) is 5.07. The summed E-state index contributed by atoms with van der Waals surface area (Å²) in [6.45, 7) is 0.423. The highest BCUT2D eigenvalue weighted by Gasteiger charge is 2.28. The van der Waals surface area contributed by atoms with Gasteiger partial charge in [-0.25, -0.2) is 0 Å². The molecule has 0 aliphatic rings. The van der Waals surface area contributed by atoms with Gasteiger partial charge in [0.15, 0.2) is 0 Å². The van der Waals surface area contributed by atoms with Gasteiger partial charge in [0.25, 0.3) is 0 Å². The summed E-state index contributed by atoms with van der Waals surface area (Å²) in [7, 11) is 0. The third kappa shape index (κ3) is 4.65. The van der Waals surface area contributed by atoms with Crippen molar-refractivity contribution in [3.05, 3.63) is 48.3 Å². The first kappa shape index (κ1) is 14.5. The van der Waals surface area contributed by atoms with Gasteiger partial charge in [-0.2, -0.15) is 13.2 Å². The van der Waals surface area contributed by atoms with Gasteiger partial charge >= 0.3 is 5.51 Å². The molecule has 0 fully saturated rings. The lowest BCUT2D eigenvalue weighted by atomic mass is 10.3. The molecule has 106 valence electrons. The number of pyridine rings is 1. The van der Waals surface area contributed by atoms with Crippen LogP contribution < -0.4 is 5.32 Å². The molecule has 0 aliphatic carbocycles. The summed E-state index contributed by atoms with van der Waals surface area (Å²) in [4.78, 5) is 4.14. The van der Waals surface area contributed by atoms with Crippen molar-refractivity contribution in [3.8, 4) is 5.75 Å². The maximum absolute atomic E-state index is 12.2. The first-order valence-electron chi connectivity index (χ1n) is 5.66. The Hall–Kier alpha value is -1.89. The van der Waals surface area contributed by atoms with Crippen LogP contribution in [0.25, 0.3) is 0 Å². The van der Waals surface area contributed by atoms with Crippen LogP contribution in [0.4, 0.5) is 18.9 Å². The number of aromatic nitrogens is 1. The summed E-state index contributed by atoms with van der Waals surface area (Å²) in [5.41, 5.74) is -2.85. The summed E-state index contributed by atoms with van der Waals surface area (Å²) in [5, 5.41) is 12.1. The van der Waals surface area contributed by atoms with E-state index in [1.54, 1.807) is 18.2 Å². The van der Waals surface area contributed by atoms with Crippen LogP contribution in [0.3, 0.4) is 0 Å². The zero-order valence-corrected chi connectivity index (χ0v) is 11.0. The average Bonchev–Trinajstić information content (AvgIpc) is 2.38. The molecule has 0 spiro atoms. The SMILES string of the molecule is Oc1ccc(CNc2ccc(SC(F)(F)F)cc2)nc1. The molecule has 0 amide bonds. The Morgan fingerprint density at radius 1 is 1.10 bits per heavy atom. The highest BCUT2D eigenvalue weighted by atomic mass is 32.2. The lowest BCUT2D eigenvalue weighted by Gasteiger charge is -2.08. The van der Waals surface area contributed by atoms with Crippen molar-refractivity contribution in [2.24, 2.45) is 0 Å². The Labute approximate surface area is 117 Å². The number of hydrogen-bond acceptors (Lipinski definition) is 4. The fourth-order valence-electron chi connectivity index (χ4n) is 1.49. The third-order valence-electron chi connectivity index (χ3n) is 2.37. The van der Waals surface area contributed by atoms with Crippen LogP contribution in [0.15, 0.2) is 47.5 Å². The van der Waals surface area contributed by atoms with E-state index in [9.17, 15) is 13.2 Å². The highest BCUT2D eigenvalue weighted by Crippen LogP contribution is 2.37. The van der Waals surface area contributed by atoms with Gasteiger partial charge in [0, 0.05) is 10.6 Å². The number of rotatable bonds is 4. The van der Waals surface area contributed by atoms with Crippen LogP contribution in [0.2, 0.25) is 0 Å². The number of aromatic hydroxyl groups is 1. The molecule has 2 rings (SSSR count). The minimum absolute atomic E-state index is 0.0854. The van der Waals surface area contributed by atoms with Gasteiger partial charge in [-0.05, 0) is 48.2 Å². The molecule has 1 heterocycles. The van der Waals surface area contributed by atoms with Crippen LogP contribution in [0.5, 0.6) is 5.75 Å². The quantitative estimate of drug-likeness (QED) is 0.837. The maximum Gasteiger partial charge on any atom is 0.446 e. The lowest BCUT2D eigenvalue weighted by molar-refractivity contribution is -0.0328. The molecule has 1 aromatic heterocycles. The minimum Gasteiger partial charge on any atom is -0.506 e. The smallest absolute Gasteiger partial charge is 0.446 e. The van der Waals surface area contributed by atoms with Crippen LogP contribution in [-0.4, -0.2) is 15.6 Å². The standard InChI is InChI=1S/C13H11F3N2OS/c14-13(15,16)20-12-5-2-9(3-6-12)17-7-10-1-4-11(19)8-18-10/h1-6,8,17,19H,7H2. The van der Waals surface area contributed by atoms with Crippen molar-refractivity contribution in [2.75, 3.05) is 5.32 Å². The first-order chi connectivity index (χ1) is 9.42. The number of nitrogens with one attached hydrogen (secondary N) is 1. The predicted molar refractivity (Wildman–Crippen MR) is 71.6 cm³/mol. The molecule has 7 heteroatoms. The van der Waals surface area contributed by atoms with Gasteiger partial charge in [-0.1, -0.05) is 0 Å². The Kier molecular flexibility index (Phi) is 4.39. The van der Waals surface area contributed by atoms with E-state index in [1.165, 1.54) is 24.4 Å². The number of thioether (sulfide) groups is 1. The van der Waals surface area contributed by atoms with E-state index >= 15 is 0 Å². The van der Waals surface area contributed by atoms with E-state index in [2.05, 4.69) is 10.3 Å². The van der Waals surface area contributed by atoms with Crippen molar-refractivity contribution in [1.29, 1.82) is 0 Å². The minimum atomic E-state index is -4.27. The van der Waals surface area contributed by atoms with E-state index in [0.29, 0.717) is 12.2 Å². The fraction of sp³-hybridized carbons (Fsp3) is 0.154. The molecular weight excluding hydrogens is 289 g/mol. The topological polar surface area (TPSA) is 45.1 Å². The van der Waals surface area contributed by atoms with Gasteiger partial charge < -0.3 is 10.4 Å². The summed E-state index contributed by atoms with van der Waals surface area (Å²) < 4.78 is 36.5. The number of hydrogen-bond donors (Lipinski definition) is 2. The number of alkyl halides is 3. The number of nitrogens with zero attached hydrogens (tertiary/aromatic N) is 1. The van der Waals surface area contributed by atoms with Crippen LogP contribution in [0.1, 0.15) is 5.69 Å². The number of halogens is 3. The van der Waals surface area contributed by atoms with E-state index in [-0.39, 0.29) is 22.4 Å². The Balaban J connectivity index is 1.92. The molecule has 0 bridgehead atoms. The van der Waals surface area contributed by atoms with Gasteiger partial charge in [0.2, 0.25) is 0 Å². The fourth-order valence-corrected chi connectivity index (χ4v) is 2.03. The molecule has 0 radical (unpaired) electrons. The summed E-state index contributed by atoms with van der Waals surface area (Å²) >= 11 is -0.142. The van der Waals surface area contributed by atoms with Crippen molar-refractivity contribution < 1.29 is 18.3 Å². The molecule has 1 aromatic carbocycles.